The summed E-state index contributed by atoms with van der Waals surface area (Å²) < 4.78 is 5.42. The lowest BCUT2D eigenvalue weighted by Gasteiger charge is -2.37. The maximum Gasteiger partial charge on any atom is 0.223 e. The lowest BCUT2D eigenvalue weighted by atomic mass is 9.81. The van der Waals surface area contributed by atoms with E-state index in [9.17, 15) is 4.79 Å². The van der Waals surface area contributed by atoms with Crippen LogP contribution < -0.4 is 4.74 Å². The Bertz CT molecular complexity index is 711. The predicted molar refractivity (Wildman–Crippen MR) is 85.0 cm³/mol. The number of rotatable bonds is 2. The second-order valence-electron chi connectivity index (χ2n) is 6.06. The van der Waals surface area contributed by atoms with Gasteiger partial charge in [0.2, 0.25) is 5.91 Å². The average Bonchev–Trinajstić information content (AvgIpc) is 2.95. The highest BCUT2D eigenvalue weighted by atomic mass is 16.5. The zero-order chi connectivity index (χ0) is 15.1. The van der Waals surface area contributed by atoms with Gasteiger partial charge in [-0.1, -0.05) is 36.4 Å². The molecule has 2 heterocycles. The summed E-state index contributed by atoms with van der Waals surface area (Å²) in [7, 11) is 1.70. The van der Waals surface area contributed by atoms with E-state index in [1.54, 1.807) is 7.11 Å². The Hall–Kier alpha value is -2.29. The third kappa shape index (κ3) is 2.00. The average molecular weight is 293 g/mol. The van der Waals surface area contributed by atoms with Crippen molar-refractivity contribution in [2.45, 2.75) is 24.8 Å². The first kappa shape index (κ1) is 13.4. The number of carbonyl (C=O) groups is 1. The Kier molecular flexibility index (Phi) is 3.14. The lowest BCUT2D eigenvalue weighted by Crippen LogP contribution is -2.37. The molecule has 2 atom stereocenters. The van der Waals surface area contributed by atoms with Crippen LogP contribution in [-0.2, 0) is 4.79 Å². The lowest BCUT2D eigenvalue weighted by molar-refractivity contribution is -0.129. The summed E-state index contributed by atoms with van der Waals surface area (Å²) in [5.74, 6) is 1.40. The predicted octanol–water partition coefficient (Wildman–Crippen LogP) is 3.50. The first-order valence-corrected chi connectivity index (χ1v) is 7.80. The molecule has 0 unspecified atom stereocenters. The van der Waals surface area contributed by atoms with Crippen LogP contribution in [0.25, 0.3) is 0 Å². The zero-order valence-corrected chi connectivity index (χ0v) is 12.7. The maximum absolute atomic E-state index is 12.2. The number of hydrogen-bond donors (Lipinski definition) is 0. The third-order valence-electron chi connectivity index (χ3n) is 4.94. The Morgan fingerprint density at radius 2 is 1.91 bits per heavy atom. The van der Waals surface area contributed by atoms with Gasteiger partial charge >= 0.3 is 0 Å². The van der Waals surface area contributed by atoms with E-state index in [4.69, 9.17) is 4.74 Å². The smallest absolute Gasteiger partial charge is 0.223 e. The van der Waals surface area contributed by atoms with Crippen molar-refractivity contribution >= 4 is 5.91 Å². The molecule has 0 aromatic heterocycles. The van der Waals surface area contributed by atoms with Crippen LogP contribution in [-0.4, -0.2) is 24.5 Å². The van der Waals surface area contributed by atoms with Gasteiger partial charge < -0.3 is 9.64 Å². The van der Waals surface area contributed by atoms with Crippen molar-refractivity contribution in [2.75, 3.05) is 13.7 Å². The van der Waals surface area contributed by atoms with E-state index in [1.807, 2.05) is 12.1 Å². The standard InChI is InChI=1S/C19H19NO2/c1-22-14-7-8-15-16(11-14)17(13-5-3-2-4-6-13)12-20-18(15)9-10-19(20)21/h2-8,11,17-18H,9-10,12H2,1H3/t17-,18+/m0/s1. The van der Waals surface area contributed by atoms with E-state index in [2.05, 4.69) is 41.3 Å². The molecule has 22 heavy (non-hydrogen) atoms. The highest BCUT2D eigenvalue weighted by molar-refractivity contribution is 5.80. The van der Waals surface area contributed by atoms with E-state index in [0.29, 0.717) is 6.42 Å². The summed E-state index contributed by atoms with van der Waals surface area (Å²) in [6.45, 7) is 0.772. The molecule has 3 nitrogen and oxygen atoms in total. The Morgan fingerprint density at radius 1 is 1.09 bits per heavy atom. The largest absolute Gasteiger partial charge is 0.497 e. The molecule has 0 radical (unpaired) electrons. The molecule has 2 aromatic carbocycles. The van der Waals surface area contributed by atoms with Gasteiger partial charge in [-0.2, -0.15) is 0 Å². The van der Waals surface area contributed by atoms with Crippen LogP contribution in [0.15, 0.2) is 48.5 Å². The van der Waals surface area contributed by atoms with Crippen molar-refractivity contribution in [2.24, 2.45) is 0 Å². The number of carbonyl (C=O) groups excluding carboxylic acids is 1. The van der Waals surface area contributed by atoms with Crippen LogP contribution in [0, 0.1) is 0 Å². The molecule has 0 aliphatic carbocycles. The van der Waals surface area contributed by atoms with Crippen LogP contribution in [0.4, 0.5) is 0 Å². The van der Waals surface area contributed by atoms with E-state index in [0.717, 1.165) is 18.7 Å². The van der Waals surface area contributed by atoms with Gasteiger partial charge in [-0.05, 0) is 35.2 Å². The molecule has 1 amide bonds. The summed E-state index contributed by atoms with van der Waals surface area (Å²) in [6, 6.07) is 17.0. The van der Waals surface area contributed by atoms with Gasteiger partial charge in [-0.15, -0.1) is 0 Å². The van der Waals surface area contributed by atoms with Gasteiger partial charge in [0.1, 0.15) is 5.75 Å². The second kappa shape index (κ2) is 5.16. The molecule has 2 aliphatic rings. The fourth-order valence-electron chi connectivity index (χ4n) is 3.84. The number of benzene rings is 2. The molecule has 2 aromatic rings. The molecule has 0 saturated carbocycles. The quantitative estimate of drug-likeness (QED) is 0.848. The Balaban J connectivity index is 1.86. The van der Waals surface area contributed by atoms with Crippen LogP contribution in [0.5, 0.6) is 5.75 Å². The molecule has 1 fully saturated rings. The summed E-state index contributed by atoms with van der Waals surface area (Å²) >= 11 is 0. The van der Waals surface area contributed by atoms with Crippen molar-refractivity contribution in [1.29, 1.82) is 0 Å². The van der Waals surface area contributed by atoms with Gasteiger partial charge in [0, 0.05) is 18.9 Å². The van der Waals surface area contributed by atoms with E-state index in [-0.39, 0.29) is 17.9 Å². The Morgan fingerprint density at radius 3 is 2.68 bits per heavy atom. The van der Waals surface area contributed by atoms with Crippen molar-refractivity contribution in [3.63, 3.8) is 0 Å². The van der Waals surface area contributed by atoms with E-state index >= 15 is 0 Å². The normalized spacial score (nSPS) is 23.1. The van der Waals surface area contributed by atoms with Crippen molar-refractivity contribution in [3.8, 4) is 5.75 Å². The van der Waals surface area contributed by atoms with Gasteiger partial charge in [0.15, 0.2) is 0 Å². The topological polar surface area (TPSA) is 29.5 Å². The number of ether oxygens (including phenoxy) is 1. The summed E-state index contributed by atoms with van der Waals surface area (Å²) in [4.78, 5) is 14.3. The fraction of sp³-hybridized carbons (Fsp3) is 0.316. The monoisotopic (exact) mass is 293 g/mol. The minimum Gasteiger partial charge on any atom is -0.497 e. The number of hydrogen-bond acceptors (Lipinski definition) is 2. The van der Waals surface area contributed by atoms with Gasteiger partial charge in [0.05, 0.1) is 13.2 Å². The van der Waals surface area contributed by atoms with Crippen LogP contribution in [0.2, 0.25) is 0 Å². The third-order valence-corrected chi connectivity index (χ3v) is 4.94. The molecule has 1 saturated heterocycles. The first-order valence-electron chi connectivity index (χ1n) is 7.80. The number of fused-ring (bicyclic) bond motifs is 3. The van der Waals surface area contributed by atoms with Crippen molar-refractivity contribution in [1.82, 2.24) is 4.90 Å². The number of nitrogens with zero attached hydrogens (tertiary/aromatic N) is 1. The number of amides is 1. The minimum absolute atomic E-state index is 0.226. The number of methoxy groups -OCH3 is 1. The van der Waals surface area contributed by atoms with Crippen LogP contribution in [0.3, 0.4) is 0 Å². The fourth-order valence-corrected chi connectivity index (χ4v) is 3.84. The van der Waals surface area contributed by atoms with Gasteiger partial charge in [0.25, 0.3) is 0 Å². The summed E-state index contributed by atoms with van der Waals surface area (Å²) in [6.07, 6.45) is 1.59. The first-order chi connectivity index (χ1) is 10.8. The molecule has 0 spiro atoms. The molecule has 2 aliphatic heterocycles. The zero-order valence-electron chi connectivity index (χ0n) is 12.7. The molecule has 4 rings (SSSR count). The molecular formula is C19H19NO2. The highest BCUT2D eigenvalue weighted by Gasteiger charge is 2.40. The maximum atomic E-state index is 12.2. The summed E-state index contributed by atoms with van der Waals surface area (Å²) in [5, 5.41) is 0. The molecule has 0 bridgehead atoms. The van der Waals surface area contributed by atoms with E-state index in [1.165, 1.54) is 16.7 Å². The van der Waals surface area contributed by atoms with Crippen LogP contribution in [0.1, 0.15) is 41.5 Å². The Labute approximate surface area is 130 Å². The molecule has 3 heteroatoms. The molecular weight excluding hydrogens is 274 g/mol. The van der Waals surface area contributed by atoms with Crippen molar-refractivity contribution < 1.29 is 9.53 Å². The molecule has 0 N–H and O–H groups in total. The van der Waals surface area contributed by atoms with Gasteiger partial charge in [-0.25, -0.2) is 0 Å². The van der Waals surface area contributed by atoms with E-state index < -0.39 is 0 Å². The minimum atomic E-state index is 0.226. The van der Waals surface area contributed by atoms with Crippen LogP contribution >= 0.6 is 0 Å². The molecule has 112 valence electrons. The SMILES string of the molecule is COc1ccc2c(c1)[C@H](c1ccccc1)CN1C(=O)CC[C@H]21. The second-order valence-corrected chi connectivity index (χ2v) is 6.06. The van der Waals surface area contributed by atoms with Crippen molar-refractivity contribution in [3.05, 3.63) is 65.2 Å². The van der Waals surface area contributed by atoms with Gasteiger partial charge in [-0.3, -0.25) is 4.79 Å². The summed E-state index contributed by atoms with van der Waals surface area (Å²) in [5.41, 5.74) is 3.85. The highest BCUT2D eigenvalue weighted by Crippen LogP contribution is 2.45.